The first kappa shape index (κ1) is 50.2. The van der Waals surface area contributed by atoms with Crippen LogP contribution in [-0.4, -0.2) is 5.48 Å². The van der Waals surface area contributed by atoms with Gasteiger partial charge in [0.25, 0.3) is 0 Å². The van der Waals surface area contributed by atoms with Gasteiger partial charge in [0, 0.05) is 0 Å². The fourth-order valence-electron chi connectivity index (χ4n) is 0. The van der Waals surface area contributed by atoms with Crippen LogP contribution in [0.4, 0.5) is 0 Å². The number of hydrogen-bond acceptors (Lipinski definition) is 16. The van der Waals surface area contributed by atoms with Gasteiger partial charge in [-0.25, -0.2) is 0 Å². The monoisotopic (exact) mass is 551 g/mol. The van der Waals surface area contributed by atoms with Crippen LogP contribution in [0.1, 0.15) is 0 Å². The summed E-state index contributed by atoms with van der Waals surface area (Å²) in [6, 6.07) is 0. The summed E-state index contributed by atoms with van der Waals surface area (Å²) < 4.78 is 34.2. The zero-order chi connectivity index (χ0) is 18.0. The Kier molecular flexibility index (Phi) is 44.9. The molecule has 24 heteroatoms. The van der Waals surface area contributed by atoms with Crippen LogP contribution in [0.2, 0.25) is 0 Å². The van der Waals surface area contributed by atoms with E-state index in [1.807, 2.05) is 0 Å². The summed E-state index contributed by atoms with van der Waals surface area (Å²) in [7, 11) is -21.6. The summed E-state index contributed by atoms with van der Waals surface area (Å²) in [6.07, 6.45) is 0. The van der Waals surface area contributed by atoms with E-state index < -0.39 is 31.3 Å². The van der Waals surface area contributed by atoms with Crippen molar-refractivity contribution < 1.29 is 138 Å². The third-order valence-electron chi connectivity index (χ3n) is 0. The van der Waals surface area contributed by atoms with Gasteiger partial charge >= 0.3 is 55.7 Å². The maximum Gasteiger partial charge on any atom is 4.00 e. The third-order valence-corrected chi connectivity index (χ3v) is 0. The van der Waals surface area contributed by atoms with Crippen LogP contribution in [0, 0.1) is 0 Å². The predicted molar refractivity (Wildman–Crippen MR) is 34.0 cm³/mol. The smallest absolute Gasteiger partial charge is 0.822 e. The van der Waals surface area contributed by atoms with Crippen molar-refractivity contribution in [1.29, 1.82) is 0 Å². The second-order valence-corrected chi connectivity index (χ2v) is 5.37. The van der Waals surface area contributed by atoms with Crippen molar-refractivity contribution in [2.75, 3.05) is 0 Å². The zero-order valence-corrected chi connectivity index (χ0v) is 17.9. The largest absolute Gasteiger partial charge is 4.00 e. The van der Waals surface area contributed by atoms with Gasteiger partial charge in [0.1, 0.15) is 0 Å². The molecule has 17 nitrogen and oxygen atoms in total. The Balaban J connectivity index is -0.0000000225. The van der Waals surface area contributed by atoms with E-state index in [2.05, 4.69) is 0 Å². The molecule has 0 aromatic rings. The zero-order valence-electron chi connectivity index (χ0n) is 10.2. The van der Waals surface area contributed by atoms with Gasteiger partial charge in [-0.2, -0.15) is 31.3 Å². The number of hydrogen-bond donors (Lipinski definition) is 0. The molecule has 0 bridgehead atoms. The van der Waals surface area contributed by atoms with Crippen molar-refractivity contribution >= 4 is 31.3 Å². The topological polar surface area (TPSA) is 376 Å². The molecule has 0 saturated carbocycles. The predicted octanol–water partition coefficient (Wildman–Crippen LogP) is -12.1. The van der Waals surface area contributed by atoms with Gasteiger partial charge in [-0.05, 0) is 0 Å². The molecule has 0 unspecified atom stereocenters. The molecule has 24 heavy (non-hydrogen) atoms. The first-order chi connectivity index (χ1) is 8.00. The van der Waals surface area contributed by atoms with Gasteiger partial charge in [-0.1, -0.05) is 0 Å². The molecule has 0 amide bonds. The van der Waals surface area contributed by atoms with Crippen LogP contribution in [0.3, 0.4) is 0 Å². The van der Waals surface area contributed by atoms with E-state index in [1.54, 1.807) is 0 Å². The van der Waals surface area contributed by atoms with E-state index in [-0.39, 0.29) is 61.1 Å². The van der Waals surface area contributed by atoms with E-state index in [1.165, 1.54) is 0 Å². The van der Waals surface area contributed by atoms with Crippen molar-refractivity contribution in [1.82, 2.24) is 0 Å². The maximum atomic E-state index is 8.55. The first-order valence-corrected chi connectivity index (χ1v) is 8.76. The van der Waals surface area contributed by atoms with Gasteiger partial charge < -0.3 is 82.5 Å². The summed E-state index contributed by atoms with van der Waals surface area (Å²) in [5.74, 6) is 0. The molecule has 0 aliphatic carbocycles. The van der Waals surface area contributed by atoms with Crippen molar-refractivity contribution in [3.8, 4) is 0 Å². The number of phosphoric acid groups is 4. The molecule has 2 N–H and O–H groups in total. The Morgan fingerprint density at radius 3 is 0.333 bits per heavy atom. The molecule has 0 spiro atoms. The summed E-state index contributed by atoms with van der Waals surface area (Å²) in [5.41, 5.74) is 0. The fraction of sp³-hybridized carbons (Fsp3) is 0. The minimum Gasteiger partial charge on any atom is -0.822 e. The van der Waals surface area contributed by atoms with E-state index in [4.69, 9.17) is 77.0 Å². The second kappa shape index (κ2) is 21.5. The Bertz CT molecular complexity index is 292. The fourth-order valence-corrected chi connectivity index (χ4v) is 0. The number of rotatable bonds is 0. The van der Waals surface area contributed by atoms with Crippen molar-refractivity contribution in [2.45, 2.75) is 0 Å². The maximum absolute atomic E-state index is 8.55. The average molecular weight is 551 g/mol. The summed E-state index contributed by atoms with van der Waals surface area (Å²) in [4.78, 5) is 103. The minimum absolute atomic E-state index is 0. The molecule has 0 fully saturated rings. The second-order valence-electron chi connectivity index (χ2n) is 1.79. The Labute approximate surface area is 169 Å². The van der Waals surface area contributed by atoms with E-state index in [0.29, 0.717) is 0 Å². The minimum atomic E-state index is -5.39. The molecule has 0 aromatic carbocycles. The molecule has 0 saturated heterocycles. The van der Waals surface area contributed by atoms with E-state index in [9.17, 15) is 0 Å². The van der Waals surface area contributed by atoms with Crippen molar-refractivity contribution in [3.05, 3.63) is 0 Å². The third kappa shape index (κ3) is 2790. The molecule has 0 aliphatic rings. The van der Waals surface area contributed by atoms with Crippen LogP contribution in [-0.2, 0) is 73.9 Å². The summed E-state index contributed by atoms with van der Waals surface area (Å²) >= 11 is 0. The molecule has 0 aliphatic heterocycles. The van der Waals surface area contributed by atoms with Gasteiger partial charge in [0.2, 0.25) is 0 Å². The normalized spacial score (nSPS) is 9.83. The Morgan fingerprint density at radius 1 is 0.333 bits per heavy atom. The molecule has 139 valence electrons. The molecular formula is H2O17P4V3. The molecule has 0 rings (SSSR count). The molecular weight excluding hydrogens is 549 g/mol. The van der Waals surface area contributed by atoms with Gasteiger partial charge in [0.05, 0.1) is 0 Å². The van der Waals surface area contributed by atoms with Crippen molar-refractivity contribution in [3.63, 3.8) is 0 Å². The van der Waals surface area contributed by atoms with E-state index in [0.717, 1.165) is 0 Å². The Morgan fingerprint density at radius 2 is 0.333 bits per heavy atom. The summed E-state index contributed by atoms with van der Waals surface area (Å²) in [5, 5.41) is 0. The van der Waals surface area contributed by atoms with Crippen LogP contribution in [0.15, 0.2) is 0 Å². The first-order valence-electron chi connectivity index (χ1n) is 2.92. The molecule has 3 radical (unpaired) electrons. The standard InChI is InChI=1S/4H3O4P.H2O.3V/c4*1-5(2,3)4;;;;/h4*(H3,1,2,3,4);1H2;;;/q;;;;;3*+4/p-12. The van der Waals surface area contributed by atoms with Crippen molar-refractivity contribution in [2.24, 2.45) is 0 Å². The van der Waals surface area contributed by atoms with Crippen LogP contribution < -0.4 is 58.7 Å². The quantitative estimate of drug-likeness (QED) is 0.252. The van der Waals surface area contributed by atoms with Gasteiger partial charge in [-0.3, -0.25) is 0 Å². The SMILES string of the molecule is O.O=P([O-])([O-])[O-].O=P([O-])([O-])[O-].O=P([O-])([O-])[O-].O=P([O-])([O-])[O-].[V+4].[V+4].[V+4]. The molecule has 0 heterocycles. The van der Waals surface area contributed by atoms with Gasteiger partial charge in [0.15, 0.2) is 0 Å². The van der Waals surface area contributed by atoms with Gasteiger partial charge in [-0.15, -0.1) is 0 Å². The average Bonchev–Trinajstić information content (AvgIpc) is 1.62. The Hall–Kier alpha value is 2.15. The van der Waals surface area contributed by atoms with Crippen LogP contribution >= 0.6 is 31.3 Å². The molecule has 0 atom stereocenters. The van der Waals surface area contributed by atoms with E-state index >= 15 is 0 Å². The summed E-state index contributed by atoms with van der Waals surface area (Å²) in [6.45, 7) is 0. The van der Waals surface area contributed by atoms with Crippen LogP contribution in [0.25, 0.3) is 0 Å². The molecule has 0 aromatic heterocycles. The van der Waals surface area contributed by atoms with Crippen LogP contribution in [0.5, 0.6) is 0 Å².